The molecule has 1 fully saturated rings. The molecule has 0 spiro atoms. The second kappa shape index (κ2) is 5.66. The second-order valence-electron chi connectivity index (χ2n) is 5.12. The van der Waals surface area contributed by atoms with Gasteiger partial charge in [0, 0.05) is 11.2 Å². The Morgan fingerprint density at radius 3 is 2.95 bits per heavy atom. The van der Waals surface area contributed by atoms with E-state index in [1.165, 1.54) is 28.4 Å². The number of halogens is 1. The summed E-state index contributed by atoms with van der Waals surface area (Å²) in [5.41, 5.74) is 0.681. The van der Waals surface area contributed by atoms with Crippen molar-refractivity contribution in [3.05, 3.63) is 34.5 Å². The van der Waals surface area contributed by atoms with Gasteiger partial charge in [-0.2, -0.15) is 0 Å². The van der Waals surface area contributed by atoms with E-state index < -0.39 is 12.0 Å². The van der Waals surface area contributed by atoms with E-state index in [0.29, 0.717) is 22.4 Å². The van der Waals surface area contributed by atoms with Crippen LogP contribution < -0.4 is 0 Å². The van der Waals surface area contributed by atoms with Gasteiger partial charge in [-0.3, -0.25) is 4.79 Å². The molecule has 1 aliphatic heterocycles. The van der Waals surface area contributed by atoms with Gasteiger partial charge in [0.1, 0.15) is 5.82 Å². The van der Waals surface area contributed by atoms with Crippen LogP contribution >= 0.6 is 11.3 Å². The number of amides is 1. The van der Waals surface area contributed by atoms with Gasteiger partial charge in [-0.05, 0) is 36.1 Å². The molecule has 7 heteroatoms. The summed E-state index contributed by atoms with van der Waals surface area (Å²) >= 11 is 1.26. The number of carbonyl (C=O) groups excluding carboxylic acids is 1. The van der Waals surface area contributed by atoms with Gasteiger partial charge in [-0.15, -0.1) is 11.3 Å². The fraction of sp³-hybridized carbons (Fsp3) is 0.333. The summed E-state index contributed by atoms with van der Waals surface area (Å²) in [6.07, 6.45) is 0. The Balaban J connectivity index is 2.01. The lowest BCUT2D eigenvalue weighted by Crippen LogP contribution is -2.52. The molecule has 1 aromatic carbocycles. The number of carbonyl (C=O) groups is 2. The summed E-state index contributed by atoms with van der Waals surface area (Å²) in [5.74, 6) is -1.78. The van der Waals surface area contributed by atoms with E-state index in [9.17, 15) is 19.1 Å². The van der Waals surface area contributed by atoms with Crippen molar-refractivity contribution >= 4 is 33.3 Å². The molecule has 1 saturated heterocycles. The molecule has 0 radical (unpaired) electrons. The standard InChI is InChI=1S/C15H14FNO4S/c1-8-10-6-9(16)2-3-12(10)22-13(8)14(18)17-4-5-21-7-11(17)15(19)20/h2-3,6,11H,4-5,7H2,1H3,(H,19,20)/t11-/m1/s1. The highest BCUT2D eigenvalue weighted by atomic mass is 32.1. The first-order valence-corrected chi connectivity index (χ1v) is 7.61. The van der Waals surface area contributed by atoms with E-state index >= 15 is 0 Å². The topological polar surface area (TPSA) is 66.8 Å². The highest BCUT2D eigenvalue weighted by Gasteiger charge is 2.34. The third-order valence-electron chi connectivity index (χ3n) is 3.77. The van der Waals surface area contributed by atoms with Crippen molar-refractivity contribution in [2.75, 3.05) is 19.8 Å². The van der Waals surface area contributed by atoms with Crippen molar-refractivity contribution in [3.63, 3.8) is 0 Å². The van der Waals surface area contributed by atoms with Crippen molar-refractivity contribution in [2.24, 2.45) is 0 Å². The van der Waals surface area contributed by atoms with Gasteiger partial charge < -0.3 is 14.7 Å². The predicted octanol–water partition coefficient (Wildman–Crippen LogP) is 2.27. The molecule has 3 rings (SSSR count). The van der Waals surface area contributed by atoms with Crippen molar-refractivity contribution in [1.82, 2.24) is 4.90 Å². The number of aliphatic carboxylic acids is 1. The molecule has 0 bridgehead atoms. The van der Waals surface area contributed by atoms with Crippen LogP contribution in [0.5, 0.6) is 0 Å². The quantitative estimate of drug-likeness (QED) is 0.921. The third kappa shape index (κ3) is 2.46. The van der Waals surface area contributed by atoms with Crippen LogP contribution in [-0.4, -0.2) is 47.7 Å². The monoisotopic (exact) mass is 323 g/mol. The molecule has 1 amide bonds. The number of morpholine rings is 1. The maximum Gasteiger partial charge on any atom is 0.328 e. The lowest BCUT2D eigenvalue weighted by atomic mass is 10.1. The Morgan fingerprint density at radius 1 is 1.45 bits per heavy atom. The zero-order chi connectivity index (χ0) is 15.9. The minimum Gasteiger partial charge on any atom is -0.480 e. The summed E-state index contributed by atoms with van der Waals surface area (Å²) in [4.78, 5) is 25.8. The normalized spacial score (nSPS) is 18.6. The smallest absolute Gasteiger partial charge is 0.328 e. The molecule has 5 nitrogen and oxygen atoms in total. The predicted molar refractivity (Wildman–Crippen MR) is 79.8 cm³/mol. The number of rotatable bonds is 2. The van der Waals surface area contributed by atoms with Gasteiger partial charge >= 0.3 is 5.97 Å². The van der Waals surface area contributed by atoms with Crippen LogP contribution in [0, 0.1) is 12.7 Å². The number of hydrogen-bond acceptors (Lipinski definition) is 4. The first-order valence-electron chi connectivity index (χ1n) is 6.79. The fourth-order valence-corrected chi connectivity index (χ4v) is 3.72. The largest absolute Gasteiger partial charge is 0.480 e. The van der Waals surface area contributed by atoms with Crippen LogP contribution in [0.1, 0.15) is 15.2 Å². The lowest BCUT2D eigenvalue weighted by molar-refractivity contribution is -0.147. The van der Waals surface area contributed by atoms with Crippen molar-refractivity contribution < 1.29 is 23.8 Å². The third-order valence-corrected chi connectivity index (χ3v) is 5.03. The second-order valence-corrected chi connectivity index (χ2v) is 6.18. The number of nitrogens with zero attached hydrogens (tertiary/aromatic N) is 1. The zero-order valence-corrected chi connectivity index (χ0v) is 12.7. The van der Waals surface area contributed by atoms with E-state index in [4.69, 9.17) is 4.74 Å². The molecule has 2 heterocycles. The molecule has 22 heavy (non-hydrogen) atoms. The van der Waals surface area contributed by atoms with Crippen LogP contribution in [0.2, 0.25) is 0 Å². The summed E-state index contributed by atoms with van der Waals surface area (Å²) < 4.78 is 19.3. The van der Waals surface area contributed by atoms with Crippen LogP contribution in [0.15, 0.2) is 18.2 Å². The Morgan fingerprint density at radius 2 is 2.23 bits per heavy atom. The molecular formula is C15H14FNO4S. The maximum atomic E-state index is 13.4. The number of hydrogen-bond donors (Lipinski definition) is 1. The molecule has 0 unspecified atom stereocenters. The van der Waals surface area contributed by atoms with Gasteiger partial charge in [0.15, 0.2) is 6.04 Å². The molecule has 1 atom stereocenters. The van der Waals surface area contributed by atoms with Crippen molar-refractivity contribution in [1.29, 1.82) is 0 Å². The number of thiophene rings is 1. The van der Waals surface area contributed by atoms with Crippen molar-refractivity contribution in [2.45, 2.75) is 13.0 Å². The number of fused-ring (bicyclic) bond motifs is 1. The van der Waals surface area contributed by atoms with Gasteiger partial charge in [0.05, 0.1) is 18.1 Å². The average Bonchev–Trinajstić information content (AvgIpc) is 2.83. The van der Waals surface area contributed by atoms with Crippen LogP contribution in [0.3, 0.4) is 0 Å². The summed E-state index contributed by atoms with van der Waals surface area (Å²) in [6, 6.07) is 3.39. The summed E-state index contributed by atoms with van der Waals surface area (Å²) in [6.45, 7) is 2.29. The summed E-state index contributed by atoms with van der Waals surface area (Å²) in [5, 5.41) is 9.92. The van der Waals surface area contributed by atoms with Gasteiger partial charge in [0.2, 0.25) is 0 Å². The van der Waals surface area contributed by atoms with Gasteiger partial charge in [0.25, 0.3) is 5.91 Å². The van der Waals surface area contributed by atoms with E-state index in [1.807, 2.05) is 0 Å². The van der Waals surface area contributed by atoms with Crippen LogP contribution in [0.4, 0.5) is 4.39 Å². The molecule has 2 aromatic rings. The van der Waals surface area contributed by atoms with Crippen molar-refractivity contribution in [3.8, 4) is 0 Å². The molecule has 1 aromatic heterocycles. The average molecular weight is 323 g/mol. The Hall–Kier alpha value is -1.99. The fourth-order valence-electron chi connectivity index (χ4n) is 2.58. The van der Waals surface area contributed by atoms with Gasteiger partial charge in [-0.25, -0.2) is 9.18 Å². The Bertz CT molecular complexity index is 757. The number of carboxylic acids is 1. The Kier molecular flexibility index (Phi) is 3.84. The molecule has 0 aliphatic carbocycles. The van der Waals surface area contributed by atoms with E-state index in [0.717, 1.165) is 4.70 Å². The van der Waals surface area contributed by atoms with E-state index in [-0.39, 0.29) is 24.9 Å². The Labute approximate surface area is 129 Å². The molecule has 0 saturated carbocycles. The highest BCUT2D eigenvalue weighted by Crippen LogP contribution is 2.32. The minimum absolute atomic E-state index is 0.0142. The highest BCUT2D eigenvalue weighted by molar-refractivity contribution is 7.21. The molecular weight excluding hydrogens is 309 g/mol. The van der Waals surface area contributed by atoms with E-state index in [2.05, 4.69) is 0 Å². The molecule has 116 valence electrons. The SMILES string of the molecule is Cc1c(C(=O)N2CCOC[C@@H]2C(=O)O)sc2ccc(F)cc12. The van der Waals surface area contributed by atoms with E-state index in [1.54, 1.807) is 13.0 Å². The number of ether oxygens (including phenoxy) is 1. The number of aryl methyl sites for hydroxylation is 1. The van der Waals surface area contributed by atoms with Crippen LogP contribution in [0.25, 0.3) is 10.1 Å². The first-order chi connectivity index (χ1) is 10.5. The van der Waals surface area contributed by atoms with Gasteiger partial charge in [-0.1, -0.05) is 0 Å². The lowest BCUT2D eigenvalue weighted by Gasteiger charge is -2.32. The molecule has 1 N–H and O–H groups in total. The molecule has 1 aliphatic rings. The maximum absolute atomic E-state index is 13.4. The number of benzene rings is 1. The minimum atomic E-state index is -1.09. The van der Waals surface area contributed by atoms with Crippen LogP contribution in [-0.2, 0) is 9.53 Å². The number of carboxylic acid groups (broad SMARTS) is 1. The zero-order valence-electron chi connectivity index (χ0n) is 11.8. The first kappa shape index (κ1) is 14.9. The summed E-state index contributed by atoms with van der Waals surface area (Å²) in [7, 11) is 0.